The minimum Gasteiger partial charge on any atom is -0.370 e. The average Bonchev–Trinajstić information content (AvgIpc) is 2.22. The summed E-state index contributed by atoms with van der Waals surface area (Å²) in [6.07, 6.45) is 2.08. The summed E-state index contributed by atoms with van der Waals surface area (Å²) in [7, 11) is 0. The van der Waals surface area contributed by atoms with Crippen LogP contribution in [0.5, 0.6) is 0 Å². The van der Waals surface area contributed by atoms with Crippen LogP contribution in [0.15, 0.2) is 0 Å². The molecule has 0 saturated carbocycles. The molecule has 0 amide bonds. The summed E-state index contributed by atoms with van der Waals surface area (Å²) in [6, 6.07) is 0. The summed E-state index contributed by atoms with van der Waals surface area (Å²) in [5, 5.41) is 0. The number of ether oxygens (including phenoxy) is 1. The van der Waals surface area contributed by atoms with E-state index in [9.17, 15) is 0 Å². The standard InChI is InChI=1S/C5H9O/c1-3-5(2)4-6-5/h3H,4H2,1-2H3. The molecule has 0 N–H and O–H groups in total. The Morgan fingerprint density at radius 2 is 2.33 bits per heavy atom. The number of hydrogen-bond donors (Lipinski definition) is 0. The molecule has 1 rings (SSSR count). The molecular weight excluding hydrogens is 76.1 g/mol. The van der Waals surface area contributed by atoms with E-state index in [0.717, 1.165) is 6.61 Å². The van der Waals surface area contributed by atoms with Gasteiger partial charge >= 0.3 is 0 Å². The fourth-order valence-electron chi connectivity index (χ4n) is 0.281. The van der Waals surface area contributed by atoms with E-state index in [1.807, 2.05) is 6.92 Å². The molecule has 0 spiro atoms. The Labute approximate surface area is 38.3 Å². The van der Waals surface area contributed by atoms with Crippen LogP contribution in [-0.2, 0) is 4.74 Å². The first-order chi connectivity index (χ1) is 2.77. The summed E-state index contributed by atoms with van der Waals surface area (Å²) >= 11 is 0. The van der Waals surface area contributed by atoms with E-state index < -0.39 is 0 Å². The predicted molar refractivity (Wildman–Crippen MR) is 24.3 cm³/mol. The number of hydrogen-bond acceptors (Lipinski definition) is 1. The van der Waals surface area contributed by atoms with Gasteiger partial charge in [-0.1, -0.05) is 6.92 Å². The smallest absolute Gasteiger partial charge is 0.0917 e. The van der Waals surface area contributed by atoms with Crippen molar-refractivity contribution in [2.75, 3.05) is 6.61 Å². The van der Waals surface area contributed by atoms with Gasteiger partial charge in [0.2, 0.25) is 0 Å². The largest absolute Gasteiger partial charge is 0.370 e. The summed E-state index contributed by atoms with van der Waals surface area (Å²) in [5.74, 6) is 0. The average molecular weight is 85.1 g/mol. The van der Waals surface area contributed by atoms with Crippen molar-refractivity contribution in [1.82, 2.24) is 0 Å². The second kappa shape index (κ2) is 0.969. The monoisotopic (exact) mass is 85.1 g/mol. The molecular formula is C5H9O. The molecule has 1 radical (unpaired) electrons. The van der Waals surface area contributed by atoms with Gasteiger partial charge < -0.3 is 4.74 Å². The van der Waals surface area contributed by atoms with E-state index in [0.29, 0.717) is 0 Å². The maximum atomic E-state index is 4.99. The minimum absolute atomic E-state index is 0.167. The Bertz CT molecular complexity index is 55.0. The van der Waals surface area contributed by atoms with Crippen LogP contribution < -0.4 is 0 Å². The van der Waals surface area contributed by atoms with Gasteiger partial charge in [0, 0.05) is 0 Å². The highest BCUT2D eigenvalue weighted by Gasteiger charge is 2.36. The fourth-order valence-corrected chi connectivity index (χ4v) is 0.281. The van der Waals surface area contributed by atoms with E-state index in [1.54, 1.807) is 0 Å². The first-order valence-electron chi connectivity index (χ1n) is 2.21. The molecule has 1 nitrogen and oxygen atoms in total. The van der Waals surface area contributed by atoms with Crippen LogP contribution in [0.4, 0.5) is 0 Å². The van der Waals surface area contributed by atoms with Crippen LogP contribution >= 0.6 is 0 Å². The molecule has 1 heterocycles. The van der Waals surface area contributed by atoms with Crippen molar-refractivity contribution in [1.29, 1.82) is 0 Å². The zero-order chi connectivity index (χ0) is 4.62. The molecule has 0 bridgehead atoms. The van der Waals surface area contributed by atoms with Gasteiger partial charge in [-0.3, -0.25) is 0 Å². The maximum absolute atomic E-state index is 4.99. The molecule has 1 atom stereocenters. The van der Waals surface area contributed by atoms with E-state index >= 15 is 0 Å². The van der Waals surface area contributed by atoms with Gasteiger partial charge in [-0.05, 0) is 13.3 Å². The van der Waals surface area contributed by atoms with Gasteiger partial charge in [0.05, 0.1) is 12.2 Å². The van der Waals surface area contributed by atoms with Crippen molar-refractivity contribution in [2.24, 2.45) is 0 Å². The first kappa shape index (κ1) is 4.13. The highest BCUT2D eigenvalue weighted by Crippen LogP contribution is 2.27. The SMILES string of the molecule is C[CH]C1(C)CO1. The van der Waals surface area contributed by atoms with Crippen molar-refractivity contribution in [3.63, 3.8) is 0 Å². The number of epoxide rings is 1. The Balaban J connectivity index is 2.28. The molecule has 1 aliphatic heterocycles. The van der Waals surface area contributed by atoms with Gasteiger partial charge in [0.25, 0.3) is 0 Å². The van der Waals surface area contributed by atoms with Gasteiger partial charge in [0.15, 0.2) is 0 Å². The molecule has 1 unspecified atom stereocenters. The Morgan fingerprint density at radius 3 is 2.33 bits per heavy atom. The fraction of sp³-hybridized carbons (Fsp3) is 0.800. The van der Waals surface area contributed by atoms with Crippen molar-refractivity contribution in [3.8, 4) is 0 Å². The molecule has 1 aliphatic rings. The summed E-state index contributed by atoms with van der Waals surface area (Å²) in [5.41, 5.74) is 0.167. The van der Waals surface area contributed by atoms with Gasteiger partial charge in [-0.15, -0.1) is 0 Å². The molecule has 6 heavy (non-hydrogen) atoms. The second-order valence-electron chi connectivity index (χ2n) is 1.89. The lowest BCUT2D eigenvalue weighted by Gasteiger charge is -1.91. The molecule has 0 aromatic carbocycles. The third-order valence-electron chi connectivity index (χ3n) is 1.21. The molecule has 1 fully saturated rings. The Kier molecular flexibility index (Phi) is 0.667. The summed E-state index contributed by atoms with van der Waals surface area (Å²) in [4.78, 5) is 0. The quantitative estimate of drug-likeness (QED) is 0.433. The third kappa shape index (κ3) is 0.548. The Hall–Kier alpha value is -0.0400. The summed E-state index contributed by atoms with van der Waals surface area (Å²) < 4.78 is 4.99. The molecule has 35 valence electrons. The molecule has 0 aliphatic carbocycles. The van der Waals surface area contributed by atoms with Crippen LogP contribution in [0, 0.1) is 6.42 Å². The van der Waals surface area contributed by atoms with Gasteiger partial charge in [-0.25, -0.2) is 0 Å². The molecule has 0 aromatic heterocycles. The zero-order valence-electron chi connectivity index (χ0n) is 4.19. The van der Waals surface area contributed by atoms with E-state index in [1.165, 1.54) is 0 Å². The van der Waals surface area contributed by atoms with Crippen molar-refractivity contribution in [3.05, 3.63) is 6.42 Å². The minimum atomic E-state index is 0.167. The van der Waals surface area contributed by atoms with Crippen LogP contribution in [-0.4, -0.2) is 12.2 Å². The highest BCUT2D eigenvalue weighted by atomic mass is 16.6. The van der Waals surface area contributed by atoms with Crippen LogP contribution in [0.25, 0.3) is 0 Å². The lowest BCUT2D eigenvalue weighted by Crippen LogP contribution is -1.99. The molecule has 0 aromatic rings. The molecule has 1 saturated heterocycles. The van der Waals surface area contributed by atoms with Crippen molar-refractivity contribution >= 4 is 0 Å². The van der Waals surface area contributed by atoms with Gasteiger partial charge in [-0.2, -0.15) is 0 Å². The zero-order valence-corrected chi connectivity index (χ0v) is 4.19. The van der Waals surface area contributed by atoms with E-state index in [4.69, 9.17) is 4.74 Å². The first-order valence-corrected chi connectivity index (χ1v) is 2.21. The number of rotatable bonds is 1. The lowest BCUT2D eigenvalue weighted by atomic mass is 10.1. The Morgan fingerprint density at radius 1 is 1.83 bits per heavy atom. The van der Waals surface area contributed by atoms with E-state index in [-0.39, 0.29) is 5.60 Å². The van der Waals surface area contributed by atoms with Crippen molar-refractivity contribution in [2.45, 2.75) is 19.4 Å². The normalized spacial score (nSPS) is 43.0. The highest BCUT2D eigenvalue weighted by molar-refractivity contribution is 4.97. The predicted octanol–water partition coefficient (Wildman–Crippen LogP) is 0.999. The van der Waals surface area contributed by atoms with Crippen molar-refractivity contribution < 1.29 is 4.74 Å². The second-order valence-corrected chi connectivity index (χ2v) is 1.89. The van der Waals surface area contributed by atoms with Crippen LogP contribution in [0.3, 0.4) is 0 Å². The van der Waals surface area contributed by atoms with Crippen LogP contribution in [0.1, 0.15) is 13.8 Å². The molecule has 1 heteroatoms. The van der Waals surface area contributed by atoms with E-state index in [2.05, 4.69) is 13.3 Å². The lowest BCUT2D eigenvalue weighted by molar-refractivity contribution is 0.354. The maximum Gasteiger partial charge on any atom is 0.0917 e. The third-order valence-corrected chi connectivity index (χ3v) is 1.21. The van der Waals surface area contributed by atoms with Crippen LogP contribution in [0.2, 0.25) is 0 Å². The topological polar surface area (TPSA) is 12.5 Å². The summed E-state index contributed by atoms with van der Waals surface area (Å²) in [6.45, 7) is 5.02. The van der Waals surface area contributed by atoms with Gasteiger partial charge in [0.1, 0.15) is 0 Å².